The largest absolute Gasteiger partial charge is 0.360 e. The van der Waals surface area contributed by atoms with Gasteiger partial charge in [0.05, 0.1) is 6.04 Å². The van der Waals surface area contributed by atoms with Gasteiger partial charge in [-0.15, -0.1) is 12.4 Å². The van der Waals surface area contributed by atoms with Crippen molar-refractivity contribution in [2.24, 2.45) is 0 Å². The van der Waals surface area contributed by atoms with Gasteiger partial charge >= 0.3 is 0 Å². The lowest BCUT2D eigenvalue weighted by Gasteiger charge is -2.43. The molecule has 4 rings (SSSR count). The van der Waals surface area contributed by atoms with Crippen LogP contribution in [0.3, 0.4) is 0 Å². The lowest BCUT2D eigenvalue weighted by Crippen LogP contribution is -2.53. The van der Waals surface area contributed by atoms with Crippen molar-refractivity contribution in [2.45, 2.75) is 18.7 Å². The number of ether oxygens (including phenoxy) is 1. The van der Waals surface area contributed by atoms with Gasteiger partial charge in [-0.05, 0) is 54.4 Å². The number of benzene rings is 3. The zero-order valence-electron chi connectivity index (χ0n) is 17.5. The molecular formula is C25H29ClN2O. The summed E-state index contributed by atoms with van der Waals surface area (Å²) in [7, 11) is 8.18. The van der Waals surface area contributed by atoms with Crippen molar-refractivity contribution in [1.82, 2.24) is 4.90 Å². The van der Waals surface area contributed by atoms with Crippen molar-refractivity contribution in [2.75, 3.05) is 33.2 Å². The molecule has 0 spiro atoms. The first-order chi connectivity index (χ1) is 13.6. The smallest absolute Gasteiger partial charge is 0.145 e. The number of fused-ring (bicyclic) bond motifs is 1. The third kappa shape index (κ3) is 4.18. The molecule has 152 valence electrons. The van der Waals surface area contributed by atoms with E-state index in [1.807, 2.05) is 0 Å². The molecule has 0 fully saturated rings. The normalized spacial score (nSPS) is 18.3. The van der Waals surface area contributed by atoms with Crippen LogP contribution in [0, 0.1) is 0 Å². The van der Waals surface area contributed by atoms with Gasteiger partial charge in [0.25, 0.3) is 0 Å². The van der Waals surface area contributed by atoms with Crippen LogP contribution in [0.5, 0.6) is 0 Å². The number of hydrogen-bond acceptors (Lipinski definition) is 3. The maximum Gasteiger partial charge on any atom is 0.145 e. The average Bonchev–Trinajstić information content (AvgIpc) is 2.74. The molecule has 0 aromatic heterocycles. The van der Waals surface area contributed by atoms with Gasteiger partial charge in [0.2, 0.25) is 0 Å². The van der Waals surface area contributed by atoms with E-state index in [4.69, 9.17) is 4.74 Å². The molecule has 0 amide bonds. The molecule has 1 aliphatic heterocycles. The second-order valence-corrected chi connectivity index (χ2v) is 7.76. The highest BCUT2D eigenvalue weighted by Crippen LogP contribution is 2.35. The third-order valence-corrected chi connectivity index (χ3v) is 5.84. The Balaban J connectivity index is 0.00000240. The van der Waals surface area contributed by atoms with Crippen LogP contribution >= 0.6 is 12.4 Å². The molecule has 0 radical (unpaired) electrons. The minimum Gasteiger partial charge on any atom is -0.360 e. The first kappa shape index (κ1) is 21.4. The van der Waals surface area contributed by atoms with Gasteiger partial charge < -0.3 is 14.5 Å². The summed E-state index contributed by atoms with van der Waals surface area (Å²) in [6.45, 7) is 0. The van der Waals surface area contributed by atoms with E-state index in [2.05, 4.69) is 104 Å². The third-order valence-electron chi connectivity index (χ3n) is 5.84. The van der Waals surface area contributed by atoms with Crippen molar-refractivity contribution in [3.8, 4) is 22.3 Å². The Morgan fingerprint density at radius 1 is 0.828 bits per heavy atom. The number of halogens is 1. The second-order valence-electron chi connectivity index (χ2n) is 7.76. The molecule has 0 bridgehead atoms. The van der Waals surface area contributed by atoms with Gasteiger partial charge in [-0.1, -0.05) is 66.7 Å². The van der Waals surface area contributed by atoms with E-state index < -0.39 is 0 Å². The zero-order chi connectivity index (χ0) is 19.7. The summed E-state index contributed by atoms with van der Waals surface area (Å²) < 4.78 is 5.83. The van der Waals surface area contributed by atoms with Crippen LogP contribution in [-0.2, 0) is 11.2 Å². The first-order valence-corrected chi connectivity index (χ1v) is 9.79. The van der Waals surface area contributed by atoms with E-state index in [1.54, 1.807) is 7.11 Å². The van der Waals surface area contributed by atoms with Crippen LogP contribution in [0.25, 0.3) is 22.3 Å². The molecule has 3 nitrogen and oxygen atoms in total. The van der Waals surface area contributed by atoms with Crippen LogP contribution < -0.4 is 4.90 Å². The lowest BCUT2D eigenvalue weighted by molar-refractivity contribution is 0.0287. The van der Waals surface area contributed by atoms with E-state index in [-0.39, 0.29) is 18.6 Å². The SMILES string of the molecule is COC1C(N(C)C)Cc2ccc(-c3ccc(-c4ccccc4)cc3)cc2N1C.Cl. The highest BCUT2D eigenvalue weighted by Gasteiger charge is 2.33. The number of rotatable bonds is 4. The topological polar surface area (TPSA) is 15.7 Å². The van der Waals surface area contributed by atoms with Gasteiger partial charge in [0.15, 0.2) is 0 Å². The molecule has 3 aromatic rings. The standard InChI is InChI=1S/C25H28N2O.ClH/c1-26(2)24-17-22-15-14-21(16-23(22)27(3)25(24)28-4)20-12-10-19(11-13-20)18-8-6-5-7-9-18;/h5-16,24-25H,17H2,1-4H3;1H. The monoisotopic (exact) mass is 408 g/mol. The molecule has 29 heavy (non-hydrogen) atoms. The summed E-state index contributed by atoms with van der Waals surface area (Å²) in [4.78, 5) is 4.52. The fraction of sp³-hybridized carbons (Fsp3) is 0.280. The van der Waals surface area contributed by atoms with Crippen molar-refractivity contribution in [1.29, 1.82) is 0 Å². The van der Waals surface area contributed by atoms with Crippen LogP contribution in [0.1, 0.15) is 5.56 Å². The molecule has 0 saturated heterocycles. The summed E-state index contributed by atoms with van der Waals surface area (Å²) >= 11 is 0. The quantitative estimate of drug-likeness (QED) is 0.579. The fourth-order valence-corrected chi connectivity index (χ4v) is 4.20. The van der Waals surface area contributed by atoms with Crippen LogP contribution in [0.2, 0.25) is 0 Å². The number of methoxy groups -OCH3 is 1. The number of nitrogens with zero attached hydrogens (tertiary/aromatic N) is 2. The van der Waals surface area contributed by atoms with Gasteiger partial charge in [0.1, 0.15) is 6.23 Å². The summed E-state index contributed by atoms with van der Waals surface area (Å²) in [5.41, 5.74) is 7.60. The molecule has 2 unspecified atom stereocenters. The highest BCUT2D eigenvalue weighted by atomic mass is 35.5. The molecule has 1 heterocycles. The molecule has 0 aliphatic carbocycles. The Labute approximate surface area is 180 Å². The summed E-state index contributed by atoms with van der Waals surface area (Å²) in [5.74, 6) is 0. The molecule has 0 saturated carbocycles. The Kier molecular flexibility index (Phi) is 6.63. The lowest BCUT2D eigenvalue weighted by atomic mass is 9.92. The van der Waals surface area contributed by atoms with E-state index in [9.17, 15) is 0 Å². The van der Waals surface area contributed by atoms with Gasteiger partial charge in [-0.3, -0.25) is 0 Å². The van der Waals surface area contributed by atoms with E-state index in [0.717, 1.165) is 6.42 Å². The fourth-order valence-electron chi connectivity index (χ4n) is 4.20. The van der Waals surface area contributed by atoms with Crippen LogP contribution in [-0.4, -0.2) is 45.4 Å². The molecule has 3 aromatic carbocycles. The predicted octanol–water partition coefficient (Wildman–Crippen LogP) is 5.34. The number of hydrogen-bond donors (Lipinski definition) is 0. The average molecular weight is 409 g/mol. The van der Waals surface area contributed by atoms with Crippen molar-refractivity contribution < 1.29 is 4.74 Å². The summed E-state index contributed by atoms with van der Waals surface area (Å²) in [6.07, 6.45) is 1.05. The Hall–Kier alpha value is -2.33. The Morgan fingerprint density at radius 3 is 1.97 bits per heavy atom. The summed E-state index contributed by atoms with van der Waals surface area (Å²) in [6, 6.07) is 26.5. The molecular weight excluding hydrogens is 380 g/mol. The summed E-state index contributed by atoms with van der Waals surface area (Å²) in [5, 5.41) is 0. The molecule has 1 aliphatic rings. The zero-order valence-corrected chi connectivity index (χ0v) is 18.3. The van der Waals surface area contributed by atoms with Gasteiger partial charge in [0, 0.05) is 19.8 Å². The van der Waals surface area contributed by atoms with Gasteiger partial charge in [-0.25, -0.2) is 0 Å². The predicted molar refractivity (Wildman–Crippen MR) is 125 cm³/mol. The first-order valence-electron chi connectivity index (χ1n) is 9.79. The minimum atomic E-state index is 0. The van der Waals surface area contributed by atoms with E-state index in [0.29, 0.717) is 6.04 Å². The Bertz CT molecular complexity index is 941. The van der Waals surface area contributed by atoms with E-state index >= 15 is 0 Å². The van der Waals surface area contributed by atoms with Crippen molar-refractivity contribution >= 4 is 18.1 Å². The Morgan fingerprint density at radius 2 is 1.38 bits per heavy atom. The highest BCUT2D eigenvalue weighted by molar-refractivity contribution is 5.85. The maximum atomic E-state index is 5.83. The van der Waals surface area contributed by atoms with E-state index in [1.165, 1.54) is 33.5 Å². The van der Waals surface area contributed by atoms with Gasteiger partial charge in [-0.2, -0.15) is 0 Å². The second kappa shape index (κ2) is 9.00. The minimum absolute atomic E-state index is 0. The van der Waals surface area contributed by atoms with Crippen LogP contribution in [0.15, 0.2) is 72.8 Å². The number of anilines is 1. The van der Waals surface area contributed by atoms with Crippen molar-refractivity contribution in [3.05, 3.63) is 78.4 Å². The number of likely N-dealkylation sites (N-methyl/N-ethyl adjacent to an activating group) is 2. The molecule has 2 atom stereocenters. The maximum absolute atomic E-state index is 5.83. The van der Waals surface area contributed by atoms with Crippen molar-refractivity contribution in [3.63, 3.8) is 0 Å². The molecule has 0 N–H and O–H groups in total. The van der Waals surface area contributed by atoms with Crippen LogP contribution in [0.4, 0.5) is 5.69 Å². The molecule has 4 heteroatoms.